The fourth-order valence-corrected chi connectivity index (χ4v) is 2.60. The second-order valence-corrected chi connectivity index (χ2v) is 5.70. The summed E-state index contributed by atoms with van der Waals surface area (Å²) in [4.78, 5) is 0. The zero-order valence-corrected chi connectivity index (χ0v) is 11.4. The lowest BCUT2D eigenvalue weighted by Gasteiger charge is -2.30. The van der Waals surface area contributed by atoms with Gasteiger partial charge in [-0.15, -0.1) is 0 Å². The molecule has 0 heterocycles. The van der Waals surface area contributed by atoms with E-state index in [1.165, 1.54) is 36.8 Å². The lowest BCUT2D eigenvalue weighted by atomic mass is 9.79. The molecule has 0 radical (unpaired) electrons. The molecule has 1 aliphatic carbocycles. The quantitative estimate of drug-likeness (QED) is 0.798. The van der Waals surface area contributed by atoms with Crippen LogP contribution in [0.4, 0.5) is 0 Å². The molecule has 1 aromatic carbocycles. The Morgan fingerprint density at radius 2 is 1.71 bits per heavy atom. The second kappa shape index (κ2) is 5.68. The maximum absolute atomic E-state index is 3.47. The number of hydrogen-bond acceptors (Lipinski definition) is 1. The average molecular weight is 231 g/mol. The third kappa shape index (κ3) is 3.10. The molecule has 0 aliphatic heterocycles. The largest absolute Gasteiger partial charge is 0.313 e. The molecule has 1 atom stereocenters. The summed E-state index contributed by atoms with van der Waals surface area (Å²) in [5, 5.41) is 3.47. The zero-order chi connectivity index (χ0) is 12.3. The van der Waals surface area contributed by atoms with E-state index < -0.39 is 0 Å². The van der Waals surface area contributed by atoms with Crippen LogP contribution in [0, 0.1) is 5.92 Å². The summed E-state index contributed by atoms with van der Waals surface area (Å²) in [5.41, 5.74) is 2.89. The fraction of sp³-hybridized carbons (Fsp3) is 0.625. The van der Waals surface area contributed by atoms with Crippen molar-refractivity contribution in [2.75, 3.05) is 7.05 Å². The molecule has 0 aromatic heterocycles. The van der Waals surface area contributed by atoms with Gasteiger partial charge in [0.25, 0.3) is 0 Å². The van der Waals surface area contributed by atoms with Crippen LogP contribution in [-0.4, -0.2) is 7.05 Å². The summed E-state index contributed by atoms with van der Waals surface area (Å²) >= 11 is 0. The highest BCUT2D eigenvalue weighted by atomic mass is 14.9. The summed E-state index contributed by atoms with van der Waals surface area (Å²) in [6, 6.07) is 9.71. The van der Waals surface area contributed by atoms with E-state index in [4.69, 9.17) is 0 Å². The van der Waals surface area contributed by atoms with Gasteiger partial charge in [-0.1, -0.05) is 57.4 Å². The Kier molecular flexibility index (Phi) is 4.22. The normalized spacial score (nSPS) is 18.1. The van der Waals surface area contributed by atoms with Crippen molar-refractivity contribution in [3.05, 3.63) is 35.4 Å². The van der Waals surface area contributed by atoms with Crippen molar-refractivity contribution in [3.8, 4) is 0 Å². The lowest BCUT2D eigenvalue weighted by molar-refractivity contribution is 0.265. The molecule has 1 heteroatoms. The van der Waals surface area contributed by atoms with Crippen LogP contribution in [0.1, 0.15) is 62.6 Å². The van der Waals surface area contributed by atoms with Gasteiger partial charge in [0.1, 0.15) is 0 Å². The van der Waals surface area contributed by atoms with Gasteiger partial charge in [0.05, 0.1) is 0 Å². The van der Waals surface area contributed by atoms with Gasteiger partial charge in [-0.05, 0) is 36.4 Å². The van der Waals surface area contributed by atoms with Crippen molar-refractivity contribution in [2.45, 2.75) is 51.5 Å². The van der Waals surface area contributed by atoms with Gasteiger partial charge < -0.3 is 5.32 Å². The van der Waals surface area contributed by atoms with E-state index >= 15 is 0 Å². The van der Waals surface area contributed by atoms with E-state index in [2.05, 4.69) is 50.5 Å². The smallest absolute Gasteiger partial charge is 0.0320 e. The van der Waals surface area contributed by atoms with E-state index in [1.54, 1.807) is 0 Å². The highest BCUT2D eigenvalue weighted by Gasteiger charge is 2.22. The van der Waals surface area contributed by atoms with Crippen LogP contribution >= 0.6 is 0 Å². The maximum Gasteiger partial charge on any atom is 0.0320 e. The molecule has 94 valence electrons. The molecule has 1 unspecified atom stereocenters. The van der Waals surface area contributed by atoms with Crippen molar-refractivity contribution in [3.63, 3.8) is 0 Å². The van der Waals surface area contributed by atoms with Crippen molar-refractivity contribution in [1.29, 1.82) is 0 Å². The lowest BCUT2D eigenvalue weighted by Crippen LogP contribution is -2.23. The zero-order valence-electron chi connectivity index (χ0n) is 11.4. The molecule has 0 saturated heterocycles. The van der Waals surface area contributed by atoms with Crippen LogP contribution in [-0.2, 0) is 0 Å². The average Bonchev–Trinajstić information content (AvgIpc) is 2.28. The van der Waals surface area contributed by atoms with Gasteiger partial charge in [0.2, 0.25) is 0 Å². The molecule has 1 aromatic rings. The predicted octanol–water partition coefficient (Wildman–Crippen LogP) is 4.26. The van der Waals surface area contributed by atoms with Crippen molar-refractivity contribution < 1.29 is 0 Å². The summed E-state index contributed by atoms with van der Waals surface area (Å²) in [5.74, 6) is 1.58. The molecular formula is C16H25N. The first kappa shape index (κ1) is 12.6. The molecule has 1 fully saturated rings. The van der Waals surface area contributed by atoms with E-state index in [1.807, 2.05) is 0 Å². The van der Waals surface area contributed by atoms with Crippen LogP contribution in [0.15, 0.2) is 24.3 Å². The molecule has 0 amide bonds. The third-order valence-electron chi connectivity index (χ3n) is 4.15. The Labute approximate surface area is 106 Å². The van der Waals surface area contributed by atoms with E-state index in [0.717, 1.165) is 5.92 Å². The second-order valence-electron chi connectivity index (χ2n) is 5.70. The van der Waals surface area contributed by atoms with Gasteiger partial charge in [0, 0.05) is 6.04 Å². The van der Waals surface area contributed by atoms with E-state index in [0.29, 0.717) is 12.0 Å². The van der Waals surface area contributed by atoms with Crippen LogP contribution in [0.2, 0.25) is 0 Å². The van der Waals surface area contributed by atoms with Gasteiger partial charge in [-0.3, -0.25) is 0 Å². The first-order chi connectivity index (χ1) is 8.20. The number of nitrogens with one attached hydrogen (secondary N) is 1. The summed E-state index contributed by atoms with van der Waals surface area (Å²) in [6.07, 6.45) is 5.61. The van der Waals surface area contributed by atoms with Crippen LogP contribution in [0.25, 0.3) is 0 Å². The van der Waals surface area contributed by atoms with Gasteiger partial charge in [0.15, 0.2) is 0 Å². The SMILES string of the molecule is CNC(CC1CCC1)c1ccc(C(C)C)cc1. The molecular weight excluding hydrogens is 206 g/mol. The van der Waals surface area contributed by atoms with Crippen molar-refractivity contribution in [2.24, 2.45) is 5.92 Å². The van der Waals surface area contributed by atoms with Crippen LogP contribution in [0.3, 0.4) is 0 Å². The maximum atomic E-state index is 3.47. The summed E-state index contributed by atoms with van der Waals surface area (Å²) < 4.78 is 0. The molecule has 0 bridgehead atoms. The highest BCUT2D eigenvalue weighted by molar-refractivity contribution is 5.27. The van der Waals surface area contributed by atoms with Crippen LogP contribution < -0.4 is 5.32 Å². The predicted molar refractivity (Wildman–Crippen MR) is 74.3 cm³/mol. The standard InChI is InChI=1S/C16H25N/c1-12(2)14-7-9-15(10-8-14)16(17-3)11-13-5-4-6-13/h7-10,12-13,16-17H,4-6,11H2,1-3H3. The van der Waals surface area contributed by atoms with Crippen LogP contribution in [0.5, 0.6) is 0 Å². The molecule has 17 heavy (non-hydrogen) atoms. The molecule has 2 rings (SSSR count). The molecule has 0 spiro atoms. The Bertz CT molecular complexity index is 335. The fourth-order valence-electron chi connectivity index (χ4n) is 2.60. The molecule has 1 N–H and O–H groups in total. The van der Waals surface area contributed by atoms with Crippen molar-refractivity contribution >= 4 is 0 Å². The Morgan fingerprint density at radius 3 is 2.12 bits per heavy atom. The van der Waals surface area contributed by atoms with E-state index in [9.17, 15) is 0 Å². The minimum absolute atomic E-state index is 0.543. The van der Waals surface area contributed by atoms with Crippen molar-refractivity contribution in [1.82, 2.24) is 5.32 Å². The third-order valence-corrected chi connectivity index (χ3v) is 4.15. The Balaban J connectivity index is 2.02. The minimum atomic E-state index is 0.543. The number of hydrogen-bond donors (Lipinski definition) is 1. The Hall–Kier alpha value is -0.820. The first-order valence-electron chi connectivity index (χ1n) is 6.98. The van der Waals surface area contributed by atoms with Gasteiger partial charge in [-0.25, -0.2) is 0 Å². The van der Waals surface area contributed by atoms with E-state index in [-0.39, 0.29) is 0 Å². The first-order valence-corrected chi connectivity index (χ1v) is 6.98. The Morgan fingerprint density at radius 1 is 1.12 bits per heavy atom. The highest BCUT2D eigenvalue weighted by Crippen LogP contribution is 2.34. The summed E-state index contributed by atoms with van der Waals surface area (Å²) in [7, 11) is 2.08. The van der Waals surface area contributed by atoms with Gasteiger partial charge >= 0.3 is 0 Å². The molecule has 1 nitrogen and oxygen atoms in total. The monoisotopic (exact) mass is 231 g/mol. The summed E-state index contributed by atoms with van der Waals surface area (Å²) in [6.45, 7) is 4.50. The number of benzene rings is 1. The molecule has 1 saturated carbocycles. The molecule has 1 aliphatic rings. The minimum Gasteiger partial charge on any atom is -0.313 e. The topological polar surface area (TPSA) is 12.0 Å². The number of rotatable bonds is 5. The van der Waals surface area contributed by atoms with Gasteiger partial charge in [-0.2, -0.15) is 0 Å².